The Morgan fingerprint density at radius 1 is 1.43 bits per heavy atom. The maximum atomic E-state index is 5.67. The highest BCUT2D eigenvalue weighted by molar-refractivity contribution is 14.1. The number of benzene rings is 1. The molecule has 0 aliphatic heterocycles. The average Bonchev–Trinajstić information content (AvgIpc) is 2.20. The highest BCUT2D eigenvalue weighted by atomic mass is 127. The molecule has 1 atom stereocenters. The summed E-state index contributed by atoms with van der Waals surface area (Å²) in [6, 6.07) is 6.03. The molecule has 14 heavy (non-hydrogen) atoms. The van der Waals surface area contributed by atoms with Crippen molar-refractivity contribution >= 4 is 22.6 Å². The van der Waals surface area contributed by atoms with Crippen molar-refractivity contribution < 1.29 is 9.47 Å². The molecule has 0 radical (unpaired) electrons. The number of rotatable bonds is 4. The summed E-state index contributed by atoms with van der Waals surface area (Å²) in [6.07, 6.45) is 0.448. The SMILES string of the molecule is COc1cc(CC(N)OC)ccc1I. The second-order valence-electron chi connectivity index (χ2n) is 2.95. The highest BCUT2D eigenvalue weighted by Gasteiger charge is 2.05. The molecule has 1 aromatic rings. The summed E-state index contributed by atoms with van der Waals surface area (Å²) in [6.45, 7) is 0. The lowest BCUT2D eigenvalue weighted by Gasteiger charge is -2.11. The molecule has 0 fully saturated rings. The van der Waals surface area contributed by atoms with Crippen LogP contribution in [0.2, 0.25) is 0 Å². The number of hydrogen-bond acceptors (Lipinski definition) is 3. The lowest BCUT2D eigenvalue weighted by molar-refractivity contribution is 0.109. The summed E-state index contributed by atoms with van der Waals surface area (Å²) in [5.74, 6) is 0.881. The molecule has 1 rings (SSSR count). The van der Waals surface area contributed by atoms with Crippen molar-refractivity contribution in [1.29, 1.82) is 0 Å². The van der Waals surface area contributed by atoms with Crippen LogP contribution in [0.15, 0.2) is 18.2 Å². The van der Waals surface area contributed by atoms with Gasteiger partial charge in [0.2, 0.25) is 0 Å². The summed E-state index contributed by atoms with van der Waals surface area (Å²) in [5.41, 5.74) is 6.79. The third-order valence-corrected chi connectivity index (χ3v) is 2.85. The van der Waals surface area contributed by atoms with Crippen LogP contribution in [0, 0.1) is 3.57 Å². The van der Waals surface area contributed by atoms with Crippen molar-refractivity contribution in [2.45, 2.75) is 12.6 Å². The fourth-order valence-electron chi connectivity index (χ4n) is 1.15. The third-order valence-electron chi connectivity index (χ3n) is 1.96. The van der Waals surface area contributed by atoms with Gasteiger partial charge in [0.15, 0.2) is 0 Å². The molecule has 1 unspecified atom stereocenters. The van der Waals surface area contributed by atoms with Crippen LogP contribution in [0.5, 0.6) is 5.75 Å². The summed E-state index contributed by atoms with van der Waals surface area (Å²) < 4.78 is 11.3. The van der Waals surface area contributed by atoms with E-state index in [1.165, 1.54) is 0 Å². The Kier molecular flexibility index (Phi) is 4.64. The minimum atomic E-state index is -0.250. The molecule has 0 spiro atoms. The van der Waals surface area contributed by atoms with Crippen LogP contribution in [0.1, 0.15) is 5.56 Å². The van der Waals surface area contributed by atoms with Crippen molar-refractivity contribution in [3.63, 3.8) is 0 Å². The second-order valence-corrected chi connectivity index (χ2v) is 4.11. The van der Waals surface area contributed by atoms with Crippen molar-refractivity contribution in [2.75, 3.05) is 14.2 Å². The van der Waals surface area contributed by atoms with Crippen LogP contribution in [0.25, 0.3) is 0 Å². The zero-order valence-electron chi connectivity index (χ0n) is 8.29. The molecular weight excluding hydrogens is 293 g/mol. The summed E-state index contributed by atoms with van der Waals surface area (Å²) in [7, 11) is 3.27. The van der Waals surface area contributed by atoms with E-state index in [9.17, 15) is 0 Å². The Balaban J connectivity index is 2.79. The summed E-state index contributed by atoms with van der Waals surface area (Å²) >= 11 is 2.23. The second kappa shape index (κ2) is 5.53. The minimum Gasteiger partial charge on any atom is -0.496 e. The Morgan fingerprint density at radius 3 is 2.71 bits per heavy atom. The third kappa shape index (κ3) is 3.11. The van der Waals surface area contributed by atoms with Crippen molar-refractivity contribution in [3.05, 3.63) is 27.3 Å². The monoisotopic (exact) mass is 307 g/mol. The van der Waals surface area contributed by atoms with Crippen LogP contribution in [-0.2, 0) is 11.2 Å². The molecule has 1 aromatic carbocycles. The van der Waals surface area contributed by atoms with Gasteiger partial charge in [0.05, 0.1) is 10.7 Å². The van der Waals surface area contributed by atoms with E-state index in [1.807, 2.05) is 18.2 Å². The molecule has 78 valence electrons. The van der Waals surface area contributed by atoms with E-state index in [4.69, 9.17) is 15.2 Å². The molecule has 2 N–H and O–H groups in total. The first kappa shape index (κ1) is 11.7. The average molecular weight is 307 g/mol. The Bertz CT molecular complexity index is 304. The first-order valence-corrected chi connectivity index (χ1v) is 5.36. The molecule has 0 saturated carbocycles. The molecule has 0 amide bonds. The topological polar surface area (TPSA) is 44.5 Å². The standard InChI is InChI=1S/C10H14INO2/c1-13-9-5-7(3-4-8(9)11)6-10(12)14-2/h3-5,10H,6,12H2,1-2H3. The van der Waals surface area contributed by atoms with Gasteiger partial charge in [0.1, 0.15) is 12.0 Å². The zero-order valence-corrected chi connectivity index (χ0v) is 10.4. The smallest absolute Gasteiger partial charge is 0.132 e. The van der Waals surface area contributed by atoms with Gasteiger partial charge in [-0.2, -0.15) is 0 Å². The molecule has 0 saturated heterocycles. The van der Waals surface area contributed by atoms with Crippen molar-refractivity contribution in [2.24, 2.45) is 5.73 Å². The lowest BCUT2D eigenvalue weighted by atomic mass is 10.1. The van der Waals surface area contributed by atoms with Crippen molar-refractivity contribution in [3.8, 4) is 5.75 Å². The van der Waals surface area contributed by atoms with E-state index in [0.717, 1.165) is 14.9 Å². The fraction of sp³-hybridized carbons (Fsp3) is 0.400. The molecule has 0 aromatic heterocycles. The molecular formula is C10H14INO2. The lowest BCUT2D eigenvalue weighted by Crippen LogP contribution is -2.24. The Hall–Kier alpha value is -0.330. The number of nitrogens with two attached hydrogens (primary N) is 1. The quantitative estimate of drug-likeness (QED) is 0.681. The van der Waals surface area contributed by atoms with E-state index in [2.05, 4.69) is 22.6 Å². The van der Waals surface area contributed by atoms with Gasteiger partial charge in [0, 0.05) is 13.5 Å². The first-order valence-electron chi connectivity index (χ1n) is 4.28. The van der Waals surface area contributed by atoms with E-state index in [-0.39, 0.29) is 6.23 Å². The van der Waals surface area contributed by atoms with Gasteiger partial charge in [-0.05, 0) is 40.3 Å². The van der Waals surface area contributed by atoms with Crippen LogP contribution < -0.4 is 10.5 Å². The maximum Gasteiger partial charge on any atom is 0.132 e. The Morgan fingerprint density at radius 2 is 2.14 bits per heavy atom. The molecule has 3 nitrogen and oxygen atoms in total. The van der Waals surface area contributed by atoms with Gasteiger partial charge in [-0.3, -0.25) is 0 Å². The molecule has 0 aliphatic carbocycles. The van der Waals surface area contributed by atoms with Gasteiger partial charge in [-0.1, -0.05) is 6.07 Å². The Labute approximate surface area is 97.7 Å². The molecule has 0 heterocycles. The predicted molar refractivity (Wildman–Crippen MR) is 64.4 cm³/mol. The molecule has 4 heteroatoms. The van der Waals surface area contributed by atoms with Crippen LogP contribution in [-0.4, -0.2) is 20.4 Å². The van der Waals surface area contributed by atoms with Crippen LogP contribution in [0.3, 0.4) is 0 Å². The number of hydrogen-bond donors (Lipinski definition) is 1. The molecule has 0 bridgehead atoms. The maximum absolute atomic E-state index is 5.67. The van der Waals surface area contributed by atoms with E-state index in [1.54, 1.807) is 14.2 Å². The van der Waals surface area contributed by atoms with E-state index >= 15 is 0 Å². The largest absolute Gasteiger partial charge is 0.496 e. The van der Waals surface area contributed by atoms with Gasteiger partial charge in [0.25, 0.3) is 0 Å². The molecule has 0 aliphatic rings. The normalized spacial score (nSPS) is 12.6. The number of ether oxygens (including phenoxy) is 2. The minimum absolute atomic E-state index is 0.250. The van der Waals surface area contributed by atoms with Gasteiger partial charge >= 0.3 is 0 Å². The fourth-order valence-corrected chi connectivity index (χ4v) is 1.70. The van der Waals surface area contributed by atoms with Gasteiger partial charge in [-0.15, -0.1) is 0 Å². The summed E-state index contributed by atoms with van der Waals surface area (Å²) in [4.78, 5) is 0. The predicted octanol–water partition coefficient (Wildman–Crippen LogP) is 1.77. The van der Waals surface area contributed by atoms with Crippen LogP contribution >= 0.6 is 22.6 Å². The first-order chi connectivity index (χ1) is 6.67. The number of halogens is 1. The highest BCUT2D eigenvalue weighted by Crippen LogP contribution is 2.22. The van der Waals surface area contributed by atoms with Gasteiger partial charge in [-0.25, -0.2) is 0 Å². The summed E-state index contributed by atoms with van der Waals surface area (Å²) in [5, 5.41) is 0. The van der Waals surface area contributed by atoms with E-state index < -0.39 is 0 Å². The van der Waals surface area contributed by atoms with Gasteiger partial charge < -0.3 is 15.2 Å². The van der Waals surface area contributed by atoms with E-state index in [0.29, 0.717) is 6.42 Å². The number of methoxy groups -OCH3 is 2. The zero-order chi connectivity index (χ0) is 10.6. The van der Waals surface area contributed by atoms with Crippen LogP contribution in [0.4, 0.5) is 0 Å². The van der Waals surface area contributed by atoms with Crippen molar-refractivity contribution in [1.82, 2.24) is 0 Å².